The second kappa shape index (κ2) is 7.37. The Morgan fingerprint density at radius 1 is 1.08 bits per heavy atom. The Hall–Kier alpha value is -1.19. The number of Topliss-reactive ketones (excluding diaryl/α,β-unsaturated/α-hetero) is 1. The van der Waals surface area contributed by atoms with Gasteiger partial charge < -0.3 is 10.1 Å². The molecule has 138 valence electrons. The van der Waals surface area contributed by atoms with Crippen LogP contribution in [0.25, 0.3) is 0 Å². The van der Waals surface area contributed by atoms with Gasteiger partial charge in [-0.15, -0.1) is 0 Å². The summed E-state index contributed by atoms with van der Waals surface area (Å²) in [4.78, 5) is 23.0. The molecule has 0 saturated carbocycles. The van der Waals surface area contributed by atoms with Crippen LogP contribution in [0.4, 0.5) is 4.79 Å². The molecule has 0 aliphatic carbocycles. The lowest BCUT2D eigenvalue weighted by Crippen LogP contribution is -2.52. The predicted molar refractivity (Wildman–Crippen MR) is 88.7 cm³/mol. The van der Waals surface area contributed by atoms with Crippen LogP contribution in [0.2, 0.25) is 0 Å². The SMILES string of the molecule is CC(C)(C)OC(=O)NC1CCN(S(=O)(=O)N2CCC(=O)CC2)CC1. The number of alkyl carbamates (subject to hydrolysis) is 1. The van der Waals surface area contributed by atoms with Crippen molar-refractivity contribution < 1.29 is 22.7 Å². The van der Waals surface area contributed by atoms with E-state index in [-0.39, 0.29) is 37.8 Å². The van der Waals surface area contributed by atoms with E-state index < -0.39 is 21.9 Å². The number of nitrogens with one attached hydrogen (secondary N) is 1. The molecule has 2 saturated heterocycles. The molecule has 1 N–H and O–H groups in total. The quantitative estimate of drug-likeness (QED) is 0.805. The highest BCUT2D eigenvalue weighted by molar-refractivity contribution is 7.86. The van der Waals surface area contributed by atoms with Gasteiger partial charge in [0.1, 0.15) is 11.4 Å². The predicted octanol–water partition coefficient (Wildman–Crippen LogP) is 0.885. The molecule has 9 heteroatoms. The minimum absolute atomic E-state index is 0.0887. The number of nitrogens with zero attached hydrogens (tertiary/aromatic N) is 2. The molecule has 8 nitrogen and oxygen atoms in total. The molecule has 2 aliphatic heterocycles. The summed E-state index contributed by atoms with van der Waals surface area (Å²) < 4.78 is 33.2. The minimum atomic E-state index is -3.52. The number of piperidine rings is 2. The van der Waals surface area contributed by atoms with E-state index in [4.69, 9.17) is 4.74 Å². The number of hydrogen-bond donors (Lipinski definition) is 1. The average molecular weight is 361 g/mol. The third-order valence-corrected chi connectivity index (χ3v) is 6.14. The van der Waals surface area contributed by atoms with Gasteiger partial charge in [-0.2, -0.15) is 17.0 Å². The van der Waals surface area contributed by atoms with E-state index >= 15 is 0 Å². The summed E-state index contributed by atoms with van der Waals surface area (Å²) in [5.74, 6) is 0.113. The lowest BCUT2D eigenvalue weighted by atomic mass is 10.1. The number of amides is 1. The molecule has 0 unspecified atom stereocenters. The molecule has 0 aromatic rings. The van der Waals surface area contributed by atoms with Gasteiger partial charge >= 0.3 is 6.09 Å². The van der Waals surface area contributed by atoms with Crippen LogP contribution in [0.15, 0.2) is 0 Å². The molecule has 2 rings (SSSR count). The van der Waals surface area contributed by atoms with Crippen molar-refractivity contribution in [3.05, 3.63) is 0 Å². The number of rotatable bonds is 3. The van der Waals surface area contributed by atoms with Crippen molar-refractivity contribution in [1.82, 2.24) is 13.9 Å². The molecule has 2 aliphatic rings. The number of carbonyl (C=O) groups is 2. The Bertz CT molecular complexity index is 566. The maximum absolute atomic E-state index is 12.6. The molecule has 0 bridgehead atoms. The first-order valence-electron chi connectivity index (χ1n) is 8.34. The molecule has 2 heterocycles. The largest absolute Gasteiger partial charge is 0.444 e. The summed E-state index contributed by atoms with van der Waals surface area (Å²) in [6.07, 6.45) is 1.20. The van der Waals surface area contributed by atoms with Crippen molar-refractivity contribution in [3.8, 4) is 0 Å². The zero-order valence-corrected chi connectivity index (χ0v) is 15.4. The van der Waals surface area contributed by atoms with Crippen LogP contribution >= 0.6 is 0 Å². The van der Waals surface area contributed by atoms with Crippen LogP contribution in [-0.2, 0) is 19.7 Å². The summed E-state index contributed by atoms with van der Waals surface area (Å²) in [5.41, 5.74) is -0.556. The monoisotopic (exact) mass is 361 g/mol. The lowest BCUT2D eigenvalue weighted by molar-refractivity contribution is -0.120. The Labute approximate surface area is 143 Å². The van der Waals surface area contributed by atoms with Crippen molar-refractivity contribution in [1.29, 1.82) is 0 Å². The van der Waals surface area contributed by atoms with Gasteiger partial charge in [-0.1, -0.05) is 0 Å². The number of ketones is 1. The van der Waals surface area contributed by atoms with Gasteiger partial charge in [-0.3, -0.25) is 4.79 Å². The zero-order valence-electron chi connectivity index (χ0n) is 14.6. The normalized spacial score (nSPS) is 22.4. The second-order valence-electron chi connectivity index (χ2n) is 7.27. The molecular formula is C15H27N3O5S. The number of hydrogen-bond acceptors (Lipinski definition) is 5. The van der Waals surface area contributed by atoms with E-state index in [0.717, 1.165) is 0 Å². The number of ether oxygens (including phenoxy) is 1. The Morgan fingerprint density at radius 2 is 1.58 bits per heavy atom. The summed E-state index contributed by atoms with van der Waals surface area (Å²) in [6.45, 7) is 6.62. The van der Waals surface area contributed by atoms with Crippen LogP contribution in [0.5, 0.6) is 0 Å². The fraction of sp³-hybridized carbons (Fsp3) is 0.867. The molecule has 0 aromatic heterocycles. The highest BCUT2D eigenvalue weighted by atomic mass is 32.2. The first kappa shape index (κ1) is 19.1. The van der Waals surface area contributed by atoms with Crippen molar-refractivity contribution in [2.24, 2.45) is 0 Å². The Balaban J connectivity index is 1.83. The molecule has 1 amide bonds. The van der Waals surface area contributed by atoms with E-state index in [1.165, 1.54) is 8.61 Å². The highest BCUT2D eigenvalue weighted by Crippen LogP contribution is 2.20. The maximum atomic E-state index is 12.6. The molecule has 0 radical (unpaired) electrons. The smallest absolute Gasteiger partial charge is 0.407 e. The van der Waals surface area contributed by atoms with Gasteiger partial charge in [0.05, 0.1) is 0 Å². The third-order valence-electron chi connectivity index (χ3n) is 4.11. The molecule has 24 heavy (non-hydrogen) atoms. The van der Waals surface area contributed by atoms with Crippen molar-refractivity contribution in [2.75, 3.05) is 26.2 Å². The van der Waals surface area contributed by atoms with E-state index in [9.17, 15) is 18.0 Å². The van der Waals surface area contributed by atoms with E-state index in [0.29, 0.717) is 25.9 Å². The zero-order chi connectivity index (χ0) is 18.0. The topological polar surface area (TPSA) is 96.0 Å². The fourth-order valence-electron chi connectivity index (χ4n) is 2.83. The third kappa shape index (κ3) is 5.15. The molecule has 0 aromatic carbocycles. The van der Waals surface area contributed by atoms with Crippen LogP contribution in [0.3, 0.4) is 0 Å². The van der Waals surface area contributed by atoms with Crippen LogP contribution in [0, 0.1) is 0 Å². The van der Waals surface area contributed by atoms with Gasteiger partial charge in [0.25, 0.3) is 10.2 Å². The van der Waals surface area contributed by atoms with E-state index in [1.54, 1.807) is 20.8 Å². The standard InChI is InChI=1S/C15H27N3O5S/c1-15(2,3)23-14(20)16-12-4-8-17(9-5-12)24(21,22)18-10-6-13(19)7-11-18/h12H,4-11H2,1-3H3,(H,16,20). The average Bonchev–Trinajstić information content (AvgIpc) is 2.46. The Morgan fingerprint density at radius 3 is 2.08 bits per heavy atom. The van der Waals surface area contributed by atoms with E-state index in [1.807, 2.05) is 0 Å². The summed E-state index contributed by atoms with van der Waals surface area (Å²) in [5, 5.41) is 2.79. The first-order valence-corrected chi connectivity index (χ1v) is 9.74. The highest BCUT2D eigenvalue weighted by Gasteiger charge is 2.35. The summed E-state index contributed by atoms with van der Waals surface area (Å²) >= 11 is 0. The van der Waals surface area contributed by atoms with Gasteiger partial charge in [-0.25, -0.2) is 4.79 Å². The van der Waals surface area contributed by atoms with Crippen molar-refractivity contribution >= 4 is 22.1 Å². The molecule has 0 spiro atoms. The fourth-order valence-corrected chi connectivity index (χ4v) is 4.48. The van der Waals surface area contributed by atoms with Gasteiger partial charge in [0.2, 0.25) is 0 Å². The number of carbonyl (C=O) groups excluding carboxylic acids is 2. The van der Waals surface area contributed by atoms with Gasteiger partial charge in [0.15, 0.2) is 0 Å². The summed E-state index contributed by atoms with van der Waals surface area (Å²) in [7, 11) is -3.52. The van der Waals surface area contributed by atoms with Crippen molar-refractivity contribution in [2.45, 2.75) is 58.1 Å². The molecular weight excluding hydrogens is 334 g/mol. The van der Waals surface area contributed by atoms with Gasteiger partial charge in [-0.05, 0) is 33.6 Å². The second-order valence-corrected chi connectivity index (χ2v) is 9.19. The van der Waals surface area contributed by atoms with Gasteiger partial charge in [0, 0.05) is 45.1 Å². The van der Waals surface area contributed by atoms with Crippen LogP contribution in [-0.4, -0.2) is 66.7 Å². The first-order chi connectivity index (χ1) is 11.1. The minimum Gasteiger partial charge on any atom is -0.444 e. The molecule has 2 fully saturated rings. The Kier molecular flexibility index (Phi) is 5.87. The van der Waals surface area contributed by atoms with E-state index in [2.05, 4.69) is 5.32 Å². The van der Waals surface area contributed by atoms with Crippen LogP contribution < -0.4 is 5.32 Å². The summed E-state index contributed by atoms with van der Waals surface area (Å²) in [6, 6.07) is -0.0887. The maximum Gasteiger partial charge on any atom is 0.407 e. The lowest BCUT2D eigenvalue weighted by Gasteiger charge is -2.36. The van der Waals surface area contributed by atoms with Crippen LogP contribution in [0.1, 0.15) is 46.5 Å². The molecule has 0 atom stereocenters. The van der Waals surface area contributed by atoms with Crippen molar-refractivity contribution in [3.63, 3.8) is 0 Å².